The molecule has 0 atom stereocenters. The molecule has 0 amide bonds. The minimum Gasteiger partial charge on any atom is -0.493 e. The molecule has 0 spiro atoms. The van der Waals surface area contributed by atoms with Crippen LogP contribution in [0.3, 0.4) is 0 Å². The number of Topliss-reactive ketones (excluding diaryl/α,β-unsaturated/α-hetero) is 1. The summed E-state index contributed by atoms with van der Waals surface area (Å²) in [6.45, 7) is 0.636. The van der Waals surface area contributed by atoms with Crippen LogP contribution in [0, 0.1) is 11.6 Å². The molecule has 1 aliphatic heterocycles. The van der Waals surface area contributed by atoms with E-state index in [1.54, 1.807) is 0 Å². The lowest BCUT2D eigenvalue weighted by atomic mass is 9.94. The summed E-state index contributed by atoms with van der Waals surface area (Å²) in [6, 6.07) is 5.36. The molecule has 3 rings (SSSR count). The topological polar surface area (TPSA) is 57.2 Å². The van der Waals surface area contributed by atoms with Crippen molar-refractivity contribution in [3.63, 3.8) is 0 Å². The summed E-state index contributed by atoms with van der Waals surface area (Å²) >= 11 is 0. The van der Waals surface area contributed by atoms with Crippen LogP contribution in [0.5, 0.6) is 23.0 Å². The highest BCUT2D eigenvalue weighted by Crippen LogP contribution is 2.33. The van der Waals surface area contributed by atoms with Crippen molar-refractivity contribution < 1.29 is 32.5 Å². The average Bonchev–Trinajstić information content (AvgIpc) is 2.78. The van der Waals surface area contributed by atoms with Gasteiger partial charge in [-0.05, 0) is 31.3 Å². The first-order chi connectivity index (χ1) is 15.3. The second-order valence-electron chi connectivity index (χ2n) is 7.30. The predicted octanol–water partition coefficient (Wildman–Crippen LogP) is 3.98. The molecule has 6 nitrogen and oxygen atoms in total. The van der Waals surface area contributed by atoms with Crippen LogP contribution in [0.25, 0.3) is 12.2 Å². The first-order valence-electron chi connectivity index (χ1n) is 9.78. The second-order valence-corrected chi connectivity index (χ2v) is 7.30. The molecule has 0 saturated carbocycles. The van der Waals surface area contributed by atoms with Crippen molar-refractivity contribution in [2.24, 2.45) is 0 Å². The van der Waals surface area contributed by atoms with E-state index in [1.165, 1.54) is 64.9 Å². The summed E-state index contributed by atoms with van der Waals surface area (Å²) in [4.78, 5) is 15.0. The van der Waals surface area contributed by atoms with Gasteiger partial charge in [0.05, 0.1) is 28.4 Å². The highest BCUT2D eigenvalue weighted by molar-refractivity contribution is 6.14. The van der Waals surface area contributed by atoms with Crippen molar-refractivity contribution in [2.45, 2.75) is 0 Å². The van der Waals surface area contributed by atoms with Crippen molar-refractivity contribution in [3.8, 4) is 23.0 Å². The molecular weight excluding hydrogens is 420 g/mol. The highest BCUT2D eigenvalue weighted by Gasteiger charge is 2.25. The number of hydrogen-bond donors (Lipinski definition) is 0. The molecule has 0 unspecified atom stereocenters. The predicted molar refractivity (Wildman–Crippen MR) is 117 cm³/mol. The van der Waals surface area contributed by atoms with E-state index in [2.05, 4.69) is 0 Å². The van der Waals surface area contributed by atoms with Crippen molar-refractivity contribution in [2.75, 3.05) is 48.6 Å². The molecule has 170 valence electrons. The number of rotatable bonds is 6. The lowest BCUT2D eigenvalue weighted by Gasteiger charge is -2.26. The lowest BCUT2D eigenvalue weighted by Crippen LogP contribution is -2.34. The summed E-state index contributed by atoms with van der Waals surface area (Å²) in [5, 5.41) is 0. The molecule has 0 aliphatic carbocycles. The van der Waals surface area contributed by atoms with Gasteiger partial charge in [-0.1, -0.05) is 0 Å². The largest absolute Gasteiger partial charge is 0.493 e. The lowest BCUT2D eigenvalue weighted by molar-refractivity contribution is -0.113. The van der Waals surface area contributed by atoms with Gasteiger partial charge in [-0.25, -0.2) is 8.78 Å². The Bertz CT molecular complexity index is 1010. The first-order valence-corrected chi connectivity index (χ1v) is 9.78. The summed E-state index contributed by atoms with van der Waals surface area (Å²) in [5.41, 5.74) is 1.13. The van der Waals surface area contributed by atoms with E-state index in [0.29, 0.717) is 35.7 Å². The second kappa shape index (κ2) is 9.82. The van der Waals surface area contributed by atoms with Crippen LogP contribution in [0.15, 0.2) is 35.4 Å². The van der Waals surface area contributed by atoms with Gasteiger partial charge in [-0.2, -0.15) is 0 Å². The summed E-state index contributed by atoms with van der Waals surface area (Å²) in [5.74, 6) is -0.180. The van der Waals surface area contributed by atoms with Crippen LogP contribution in [0.4, 0.5) is 8.78 Å². The van der Waals surface area contributed by atoms with Crippen LogP contribution in [0.2, 0.25) is 0 Å². The van der Waals surface area contributed by atoms with Crippen molar-refractivity contribution >= 4 is 17.9 Å². The Morgan fingerprint density at radius 1 is 0.719 bits per heavy atom. The third-order valence-corrected chi connectivity index (χ3v) is 5.13. The molecule has 2 aromatic rings. The molecular formula is C24H25F2NO5. The van der Waals surface area contributed by atoms with E-state index in [1.807, 2.05) is 11.9 Å². The average molecular weight is 445 g/mol. The molecule has 8 heteroatoms. The zero-order chi connectivity index (χ0) is 23.4. The van der Waals surface area contributed by atoms with E-state index in [0.717, 1.165) is 0 Å². The maximum atomic E-state index is 14.6. The summed E-state index contributed by atoms with van der Waals surface area (Å²) in [6.07, 6.45) is 2.96. The van der Waals surface area contributed by atoms with Gasteiger partial charge in [0.25, 0.3) is 0 Å². The fourth-order valence-electron chi connectivity index (χ4n) is 3.55. The number of benzene rings is 2. The zero-order valence-corrected chi connectivity index (χ0v) is 18.6. The monoisotopic (exact) mass is 445 g/mol. The Hall–Kier alpha value is -3.39. The van der Waals surface area contributed by atoms with E-state index in [4.69, 9.17) is 18.9 Å². The van der Waals surface area contributed by atoms with E-state index in [9.17, 15) is 13.6 Å². The SMILES string of the molecule is COc1cc(F)c(/C=C2\CN(C)C/C(=C\c3cc(OC)c(OC)cc3F)C2=O)cc1OC. The van der Waals surface area contributed by atoms with E-state index < -0.39 is 11.6 Å². The number of likely N-dealkylation sites (N-methyl/N-ethyl adjacent to an activating group) is 1. The Morgan fingerprint density at radius 2 is 1.06 bits per heavy atom. The van der Waals surface area contributed by atoms with Gasteiger partial charge in [-0.3, -0.25) is 9.69 Å². The normalized spacial score (nSPS) is 17.0. The molecule has 0 N–H and O–H groups in total. The Labute approximate surface area is 185 Å². The van der Waals surface area contributed by atoms with Gasteiger partial charge in [0.2, 0.25) is 0 Å². The summed E-state index contributed by atoms with van der Waals surface area (Å²) < 4.78 is 49.9. The minimum absolute atomic E-state index is 0.193. The number of likely N-dealkylation sites (tertiary alicyclic amines) is 1. The number of nitrogens with zero attached hydrogens (tertiary/aromatic N) is 1. The van der Waals surface area contributed by atoms with Gasteiger partial charge >= 0.3 is 0 Å². The van der Waals surface area contributed by atoms with Crippen LogP contribution in [0.1, 0.15) is 11.1 Å². The van der Waals surface area contributed by atoms with Gasteiger partial charge < -0.3 is 18.9 Å². The molecule has 32 heavy (non-hydrogen) atoms. The third kappa shape index (κ3) is 4.75. The van der Waals surface area contributed by atoms with Gasteiger partial charge in [0, 0.05) is 47.5 Å². The number of ketones is 1. The highest BCUT2D eigenvalue weighted by atomic mass is 19.1. The maximum absolute atomic E-state index is 14.6. The van der Waals surface area contributed by atoms with Crippen molar-refractivity contribution in [1.82, 2.24) is 4.90 Å². The first kappa shape index (κ1) is 23.3. The molecule has 1 heterocycles. The van der Waals surface area contributed by atoms with Crippen molar-refractivity contribution in [3.05, 3.63) is 58.2 Å². The fraction of sp³-hybridized carbons (Fsp3) is 0.292. The fourth-order valence-corrected chi connectivity index (χ4v) is 3.55. The number of ether oxygens (including phenoxy) is 4. The van der Waals surface area contributed by atoms with Crippen molar-refractivity contribution in [1.29, 1.82) is 0 Å². The Kier molecular flexibility index (Phi) is 7.15. The molecule has 1 fully saturated rings. The number of methoxy groups -OCH3 is 4. The zero-order valence-electron chi connectivity index (χ0n) is 18.6. The van der Waals surface area contributed by atoms with Crippen LogP contribution < -0.4 is 18.9 Å². The molecule has 0 bridgehead atoms. The summed E-state index contributed by atoms with van der Waals surface area (Å²) in [7, 11) is 7.55. The molecule has 1 aliphatic rings. The standard InChI is InChI=1S/C24H25F2NO5/c1-27-12-16(6-14-8-20(29-2)22(31-4)10-18(14)25)24(28)17(13-27)7-15-9-21(30-3)23(32-5)11-19(15)26/h6-11H,12-13H2,1-5H3/b16-6+,17-7+. The van der Waals surface area contributed by atoms with E-state index in [-0.39, 0.29) is 28.4 Å². The number of halogens is 2. The molecule has 2 aromatic carbocycles. The number of carbonyl (C=O) groups is 1. The van der Waals surface area contributed by atoms with Gasteiger partial charge in [0.1, 0.15) is 11.6 Å². The minimum atomic E-state index is -0.548. The number of carbonyl (C=O) groups excluding carboxylic acids is 1. The van der Waals surface area contributed by atoms with Crippen LogP contribution in [-0.4, -0.2) is 59.3 Å². The molecule has 0 aromatic heterocycles. The van der Waals surface area contributed by atoms with Crippen LogP contribution in [-0.2, 0) is 4.79 Å². The molecule has 0 radical (unpaired) electrons. The smallest absolute Gasteiger partial charge is 0.187 e. The Morgan fingerprint density at radius 3 is 1.41 bits per heavy atom. The van der Waals surface area contributed by atoms with Crippen LogP contribution >= 0.6 is 0 Å². The van der Waals surface area contributed by atoms with E-state index >= 15 is 0 Å². The Balaban J connectivity index is 2.02. The molecule has 1 saturated heterocycles. The maximum Gasteiger partial charge on any atom is 0.187 e. The van der Waals surface area contributed by atoms with Gasteiger partial charge in [-0.15, -0.1) is 0 Å². The number of hydrogen-bond acceptors (Lipinski definition) is 6. The quantitative estimate of drug-likeness (QED) is 0.627. The third-order valence-electron chi connectivity index (χ3n) is 5.13. The number of piperidine rings is 1. The van der Waals surface area contributed by atoms with Gasteiger partial charge in [0.15, 0.2) is 28.8 Å².